The lowest BCUT2D eigenvalue weighted by molar-refractivity contribution is -0.136. The van der Waals surface area contributed by atoms with Crippen molar-refractivity contribution in [1.29, 1.82) is 0 Å². The standard InChI is InChI=1S/C56H42N8O12/c65-45(66)25-57-53(73)33-9-1-29(2-10-33)49-37-17-19-39(61-37)50(30-3-11-34(12-4-30)54(74)58-26-46(67)68)41-21-23-43(63-41)52(32-7-15-36(16-8-32)56(76)60-28-48(71)72)44-24-22-42(64-44)51(40-20-18-38(49)62-40)31-5-13-35(14-6-31)55(75)59-27-47(69)70/h1-24,61,64H,25-28H2,(H,57,73)(H,58,74)(H,59,75)(H,60,76)(H,65,66)(H,67,68)(H,69,70)(H,71,72). The van der Waals surface area contributed by atoms with Crippen molar-refractivity contribution in [2.45, 2.75) is 0 Å². The fourth-order valence-corrected chi connectivity index (χ4v) is 8.61. The van der Waals surface area contributed by atoms with E-state index in [2.05, 4.69) is 31.2 Å². The summed E-state index contributed by atoms with van der Waals surface area (Å²) in [4.78, 5) is 114. The predicted molar refractivity (Wildman–Crippen MR) is 280 cm³/mol. The molecule has 5 heterocycles. The number of carbonyl (C=O) groups excluding carboxylic acids is 4. The number of nitrogens with one attached hydrogen (secondary N) is 6. The number of nitrogens with zero attached hydrogens (tertiary/aromatic N) is 2. The van der Waals surface area contributed by atoms with Crippen LogP contribution in [-0.2, 0) is 19.2 Å². The normalized spacial score (nSPS) is 11.4. The van der Waals surface area contributed by atoms with Crippen LogP contribution in [0.25, 0.3) is 90.9 Å². The minimum absolute atomic E-state index is 0.211. The van der Waals surface area contributed by atoms with Gasteiger partial charge < -0.3 is 51.7 Å². The van der Waals surface area contributed by atoms with Gasteiger partial charge in [0.1, 0.15) is 26.2 Å². The molecule has 20 nitrogen and oxygen atoms in total. The number of fused-ring (bicyclic) bond motifs is 8. The van der Waals surface area contributed by atoms with Crippen LogP contribution in [0.2, 0.25) is 0 Å². The SMILES string of the molecule is O=C(O)CNC(=O)c1ccc(-c2c3nc(c(-c4ccc(C(=O)NCC(=O)O)cc4)c4ccc([nH]4)c(-c4ccc(C(=O)NCC(=O)O)cc4)c4nc(c(-c5ccc(C(=O)NCC(=O)O)cc5)c5ccc2[nH]5)C=C4)C=C3)cc1. The first kappa shape index (κ1) is 50.2. The van der Waals surface area contributed by atoms with Gasteiger partial charge in [-0.25, -0.2) is 9.97 Å². The van der Waals surface area contributed by atoms with E-state index in [1.165, 1.54) is 0 Å². The molecule has 7 aromatic rings. The van der Waals surface area contributed by atoms with Crippen molar-refractivity contribution in [2.24, 2.45) is 0 Å². The van der Waals surface area contributed by atoms with E-state index in [4.69, 9.17) is 30.4 Å². The molecule has 0 spiro atoms. The Kier molecular flexibility index (Phi) is 14.2. The van der Waals surface area contributed by atoms with Crippen LogP contribution >= 0.6 is 0 Å². The van der Waals surface area contributed by atoms with E-state index < -0.39 is 73.7 Å². The summed E-state index contributed by atoms with van der Waals surface area (Å²) < 4.78 is 0. The number of amides is 4. The van der Waals surface area contributed by atoms with Crippen molar-refractivity contribution < 1.29 is 58.8 Å². The Labute approximate surface area is 429 Å². The lowest BCUT2D eigenvalue weighted by Gasteiger charge is -2.09. The van der Waals surface area contributed by atoms with Gasteiger partial charge in [-0.15, -0.1) is 0 Å². The Morgan fingerprint density at radius 3 is 0.697 bits per heavy atom. The zero-order valence-corrected chi connectivity index (χ0v) is 39.6. The molecule has 0 atom stereocenters. The molecular formula is C56H42N8O12. The molecule has 76 heavy (non-hydrogen) atoms. The molecule has 8 bridgehead atoms. The Bertz CT molecular complexity index is 3300. The molecule has 2 aliphatic heterocycles. The van der Waals surface area contributed by atoms with Crippen molar-refractivity contribution in [3.63, 3.8) is 0 Å². The van der Waals surface area contributed by atoms with Crippen LogP contribution < -0.4 is 21.3 Å². The predicted octanol–water partition coefficient (Wildman–Crippen LogP) is 6.58. The highest BCUT2D eigenvalue weighted by atomic mass is 16.4. The van der Waals surface area contributed by atoms with Crippen molar-refractivity contribution in [3.8, 4) is 44.5 Å². The first-order valence-electron chi connectivity index (χ1n) is 23.2. The van der Waals surface area contributed by atoms with Crippen LogP contribution in [0.5, 0.6) is 0 Å². The Hall–Kier alpha value is -10.8. The summed E-state index contributed by atoms with van der Waals surface area (Å²) in [5, 5.41) is 46.1. The van der Waals surface area contributed by atoms with Gasteiger partial charge in [-0.05, 0) is 119 Å². The maximum Gasteiger partial charge on any atom is 0.322 e. The number of aliphatic carboxylic acids is 4. The molecule has 9 rings (SSSR count). The minimum atomic E-state index is -1.20. The van der Waals surface area contributed by atoms with Gasteiger partial charge in [0.15, 0.2) is 0 Å². The van der Waals surface area contributed by atoms with Gasteiger partial charge in [0.2, 0.25) is 0 Å². The van der Waals surface area contributed by atoms with Crippen LogP contribution in [-0.4, -0.2) is 114 Å². The largest absolute Gasteiger partial charge is 0.480 e. The van der Waals surface area contributed by atoms with E-state index in [-0.39, 0.29) is 22.3 Å². The zero-order chi connectivity index (χ0) is 53.6. The van der Waals surface area contributed by atoms with Gasteiger partial charge in [-0.3, -0.25) is 38.4 Å². The Morgan fingerprint density at radius 1 is 0.316 bits per heavy atom. The second kappa shape index (κ2) is 21.5. The summed E-state index contributed by atoms with van der Waals surface area (Å²) in [5.74, 6) is -7.18. The Balaban J connectivity index is 1.32. The average Bonchev–Trinajstić information content (AvgIpc) is 4.28. The number of carbonyl (C=O) groups is 8. The fourth-order valence-electron chi connectivity index (χ4n) is 8.61. The van der Waals surface area contributed by atoms with E-state index in [0.717, 1.165) is 0 Å². The third-order valence-electron chi connectivity index (χ3n) is 12.1. The molecule has 0 saturated heterocycles. The van der Waals surface area contributed by atoms with E-state index >= 15 is 0 Å². The number of hydrogen-bond acceptors (Lipinski definition) is 10. The fraction of sp³-hybridized carbons (Fsp3) is 0.0714. The molecule has 10 N–H and O–H groups in total. The first-order valence-corrected chi connectivity index (χ1v) is 23.2. The summed E-state index contributed by atoms with van der Waals surface area (Å²) in [7, 11) is 0. The molecule has 4 aromatic carbocycles. The van der Waals surface area contributed by atoms with E-state index in [1.807, 2.05) is 48.6 Å². The van der Waals surface area contributed by atoms with Gasteiger partial charge in [0.25, 0.3) is 23.6 Å². The molecule has 0 unspecified atom stereocenters. The van der Waals surface area contributed by atoms with Gasteiger partial charge in [-0.1, -0.05) is 48.5 Å². The smallest absolute Gasteiger partial charge is 0.322 e. The van der Waals surface area contributed by atoms with Crippen molar-refractivity contribution in [2.75, 3.05) is 26.2 Å². The zero-order valence-electron chi connectivity index (χ0n) is 39.6. The number of carboxylic acid groups (broad SMARTS) is 4. The molecule has 378 valence electrons. The highest BCUT2D eigenvalue weighted by Crippen LogP contribution is 2.39. The molecule has 4 amide bonds. The van der Waals surface area contributed by atoms with E-state index in [1.54, 1.807) is 97.1 Å². The minimum Gasteiger partial charge on any atom is -0.480 e. The van der Waals surface area contributed by atoms with Gasteiger partial charge in [0, 0.05) is 66.6 Å². The van der Waals surface area contributed by atoms with Crippen LogP contribution in [0.4, 0.5) is 0 Å². The van der Waals surface area contributed by atoms with Crippen LogP contribution in [0.3, 0.4) is 0 Å². The summed E-state index contributed by atoms with van der Waals surface area (Å²) in [5.41, 5.74) is 9.92. The Morgan fingerprint density at radius 2 is 0.513 bits per heavy atom. The third-order valence-corrected chi connectivity index (χ3v) is 12.1. The molecule has 0 fully saturated rings. The van der Waals surface area contributed by atoms with Crippen LogP contribution in [0.15, 0.2) is 121 Å². The molecule has 20 heteroatoms. The number of H-pyrrole nitrogens is 2. The lowest BCUT2D eigenvalue weighted by atomic mass is 10.0. The average molecular weight is 1020 g/mol. The molecule has 3 aromatic heterocycles. The van der Waals surface area contributed by atoms with Gasteiger partial charge >= 0.3 is 23.9 Å². The first-order chi connectivity index (χ1) is 36.6. The van der Waals surface area contributed by atoms with E-state index in [0.29, 0.717) is 89.4 Å². The van der Waals surface area contributed by atoms with Gasteiger partial charge in [0.05, 0.1) is 22.8 Å². The van der Waals surface area contributed by atoms with E-state index in [9.17, 15) is 38.4 Å². The number of carboxylic acids is 4. The van der Waals surface area contributed by atoms with Crippen LogP contribution in [0, 0.1) is 0 Å². The van der Waals surface area contributed by atoms with Crippen LogP contribution in [0.1, 0.15) is 64.2 Å². The van der Waals surface area contributed by atoms with Gasteiger partial charge in [-0.2, -0.15) is 0 Å². The monoisotopic (exact) mass is 1020 g/mol. The number of hydrogen-bond donors (Lipinski definition) is 10. The quantitative estimate of drug-likeness (QED) is 0.0489. The lowest BCUT2D eigenvalue weighted by Crippen LogP contribution is -2.29. The van der Waals surface area contributed by atoms with Crippen molar-refractivity contribution >= 4 is 93.9 Å². The number of aromatic amines is 2. The molecule has 0 saturated carbocycles. The highest BCUT2D eigenvalue weighted by molar-refractivity contribution is 6.03. The summed E-state index contributed by atoms with van der Waals surface area (Å²) in [6.07, 6.45) is 7.29. The number of aromatic nitrogens is 4. The molecular weight excluding hydrogens is 977 g/mol. The third kappa shape index (κ3) is 11.0. The van der Waals surface area contributed by atoms with Crippen molar-refractivity contribution in [1.82, 2.24) is 41.2 Å². The number of rotatable bonds is 16. The summed E-state index contributed by atoms with van der Waals surface area (Å²) in [6, 6.07) is 33.6. The number of benzene rings is 4. The molecule has 0 aliphatic carbocycles. The maximum atomic E-state index is 12.9. The molecule has 0 radical (unpaired) electrons. The summed E-state index contributed by atoms with van der Waals surface area (Å²) >= 11 is 0. The topological polar surface area (TPSA) is 323 Å². The second-order valence-corrected chi connectivity index (χ2v) is 17.1. The second-order valence-electron chi connectivity index (χ2n) is 17.1. The maximum absolute atomic E-state index is 12.9. The summed E-state index contributed by atoms with van der Waals surface area (Å²) in [6.45, 7) is -2.30. The highest BCUT2D eigenvalue weighted by Gasteiger charge is 2.21. The molecule has 2 aliphatic rings. The van der Waals surface area contributed by atoms with Crippen molar-refractivity contribution in [3.05, 3.63) is 166 Å².